The van der Waals surface area contributed by atoms with Crippen molar-refractivity contribution in [1.29, 1.82) is 0 Å². The molecule has 0 radical (unpaired) electrons. The number of halogens is 1. The number of aryl methyl sites for hydroxylation is 1. The van der Waals surface area contributed by atoms with Crippen LogP contribution in [0.4, 0.5) is 0 Å². The van der Waals surface area contributed by atoms with E-state index in [4.69, 9.17) is 26.1 Å². The Balaban J connectivity index is 0.00000259. The molecule has 7 nitrogen and oxygen atoms in total. The molecule has 0 bridgehead atoms. The smallest absolute Gasteiger partial charge is 0.683 e. The first-order chi connectivity index (χ1) is 15.4. The number of pyridine rings is 2. The summed E-state index contributed by atoms with van der Waals surface area (Å²) in [6.45, 7) is 1.87. The van der Waals surface area contributed by atoms with E-state index in [0.717, 1.165) is 22.9 Å². The average Bonchev–Trinajstić information content (AvgIpc) is 3.18. The number of carbonyl (C=O) groups is 1. The van der Waals surface area contributed by atoms with Crippen LogP contribution >= 0.6 is 11.6 Å². The van der Waals surface area contributed by atoms with Crippen molar-refractivity contribution in [3.05, 3.63) is 64.0 Å². The van der Waals surface area contributed by atoms with Crippen molar-refractivity contribution in [1.82, 2.24) is 9.55 Å². The number of aromatic nitrogens is 2. The van der Waals surface area contributed by atoms with Crippen LogP contribution in [0.1, 0.15) is 42.0 Å². The molecule has 0 saturated carbocycles. The number of ether oxygens (including phenoxy) is 2. The van der Waals surface area contributed by atoms with Crippen molar-refractivity contribution in [2.75, 3.05) is 5.88 Å². The van der Waals surface area contributed by atoms with Gasteiger partial charge in [-0.05, 0) is 36.6 Å². The quantitative estimate of drug-likeness (QED) is 0.197. The molecule has 9 heteroatoms. The summed E-state index contributed by atoms with van der Waals surface area (Å²) in [5.41, 5.74) is 2.39. The molecule has 1 atom stereocenters. The molecule has 2 aliphatic heterocycles. The molecule has 0 saturated heterocycles. The molecule has 1 N–H and O–H groups in total. The Labute approximate surface area is 219 Å². The largest absolute Gasteiger partial charge is 2.00 e. The number of rotatable bonds is 5. The number of esters is 1. The first-order valence-corrected chi connectivity index (χ1v) is 11.0. The summed E-state index contributed by atoms with van der Waals surface area (Å²) in [5.74, 6) is 0.262. The summed E-state index contributed by atoms with van der Waals surface area (Å²) in [5, 5.41) is 11.9. The van der Waals surface area contributed by atoms with E-state index >= 15 is 0 Å². The van der Waals surface area contributed by atoms with Crippen LogP contribution in [0.25, 0.3) is 22.3 Å². The first-order valence-electron chi connectivity index (χ1n) is 10.4. The van der Waals surface area contributed by atoms with Crippen LogP contribution in [0.15, 0.2) is 23.0 Å². The topological polar surface area (TPSA) is 90.7 Å². The molecule has 0 spiro atoms. The number of hydrogen-bond acceptors (Lipinski definition) is 6. The van der Waals surface area contributed by atoms with Crippen molar-refractivity contribution in [2.45, 2.75) is 44.9 Å². The fourth-order valence-electron chi connectivity index (χ4n) is 4.70. The summed E-state index contributed by atoms with van der Waals surface area (Å²) < 4.78 is 11.9. The van der Waals surface area contributed by atoms with Gasteiger partial charge in [0.1, 0.15) is 6.61 Å². The van der Waals surface area contributed by atoms with Gasteiger partial charge < -0.3 is 24.1 Å². The van der Waals surface area contributed by atoms with Crippen LogP contribution in [0.2, 0.25) is 0 Å². The van der Waals surface area contributed by atoms with Gasteiger partial charge in [-0.2, -0.15) is 7.11 Å². The van der Waals surface area contributed by atoms with Crippen molar-refractivity contribution >= 4 is 28.5 Å². The molecule has 0 unspecified atom stereocenters. The number of benzene rings is 1. The van der Waals surface area contributed by atoms with Gasteiger partial charge in [0.2, 0.25) is 0 Å². The van der Waals surface area contributed by atoms with Gasteiger partial charge in [-0.25, -0.2) is 4.79 Å². The Morgan fingerprint density at radius 2 is 2.15 bits per heavy atom. The van der Waals surface area contributed by atoms with E-state index in [1.807, 2.05) is 6.07 Å². The van der Waals surface area contributed by atoms with Gasteiger partial charge in [-0.1, -0.05) is 12.5 Å². The molecule has 0 aliphatic carbocycles. The maximum Gasteiger partial charge on any atom is 2.00 e. The average molecular weight is 691 g/mol. The minimum absolute atomic E-state index is 0. The molecule has 4 heterocycles. The normalized spacial score (nSPS) is 18.2. The fourth-order valence-corrected chi connectivity index (χ4v) is 4.83. The third-order valence-corrected chi connectivity index (χ3v) is 6.69. The van der Waals surface area contributed by atoms with E-state index in [9.17, 15) is 14.7 Å². The van der Waals surface area contributed by atoms with E-state index in [1.54, 1.807) is 23.6 Å². The minimum Gasteiger partial charge on any atom is -0.683 e. The Hall–Kier alpha value is -1.85. The van der Waals surface area contributed by atoms with Gasteiger partial charge >= 0.3 is 37.1 Å². The number of alkyl halides is 1. The van der Waals surface area contributed by atoms with Gasteiger partial charge in [0.25, 0.3) is 5.56 Å². The Morgan fingerprint density at radius 3 is 2.85 bits per heavy atom. The zero-order valence-electron chi connectivity index (χ0n) is 18.0. The van der Waals surface area contributed by atoms with Crippen molar-refractivity contribution in [3.8, 4) is 17.1 Å². The molecule has 0 fully saturated rings. The molecule has 3 aromatic rings. The Kier molecular flexibility index (Phi) is 6.67. The first kappa shape index (κ1) is 24.3. The second-order valence-corrected chi connectivity index (χ2v) is 8.43. The second-order valence-electron chi connectivity index (χ2n) is 8.05. The van der Waals surface area contributed by atoms with Crippen molar-refractivity contribution in [2.24, 2.45) is 0 Å². The van der Waals surface area contributed by atoms with Gasteiger partial charge in [-0.3, -0.25) is 4.79 Å². The zero-order valence-corrected chi connectivity index (χ0v) is 23.0. The Morgan fingerprint density at radius 1 is 1.36 bits per heavy atom. The van der Waals surface area contributed by atoms with E-state index in [1.165, 1.54) is 0 Å². The predicted octanol–water partition coefficient (Wildman–Crippen LogP) is 3.22. The maximum absolute atomic E-state index is 13.4. The van der Waals surface area contributed by atoms with Crippen molar-refractivity contribution in [3.63, 3.8) is 0 Å². The number of carbonyl (C=O) groups excluding carboxylic acids is 1. The third kappa shape index (κ3) is 3.63. The molecule has 33 heavy (non-hydrogen) atoms. The minimum atomic E-state index is -1.85. The zero-order chi connectivity index (χ0) is 22.6. The molecule has 168 valence electrons. The van der Waals surface area contributed by atoms with Crippen LogP contribution in [0.5, 0.6) is 5.75 Å². The molecule has 1 aromatic carbocycles. The van der Waals surface area contributed by atoms with E-state index < -0.39 is 11.6 Å². The fraction of sp³-hybridized carbons (Fsp3) is 0.333. The molecular formula is C24H21ClN2O5U. The van der Waals surface area contributed by atoms with E-state index in [-0.39, 0.29) is 49.7 Å². The maximum atomic E-state index is 13.4. The van der Waals surface area contributed by atoms with Crippen LogP contribution in [-0.2, 0) is 34.7 Å². The summed E-state index contributed by atoms with van der Waals surface area (Å²) >= 11 is 5.99. The summed E-state index contributed by atoms with van der Waals surface area (Å²) in [6, 6.07) is 8.30. The van der Waals surface area contributed by atoms with Crippen LogP contribution in [-0.4, -0.2) is 26.5 Å². The molecule has 0 amide bonds. The van der Waals surface area contributed by atoms with E-state index in [0.29, 0.717) is 52.6 Å². The molecular weight excluding hydrogens is 670 g/mol. The van der Waals surface area contributed by atoms with Gasteiger partial charge in [-0.15, -0.1) is 35.2 Å². The monoisotopic (exact) mass is 690 g/mol. The number of hydrogen-bond donors (Lipinski definition) is 1. The SMILES string of the molecule is [CH2-]Oc1[c-]cc2nc3c(c(CCCCl)c2c1)Cn1c-3cc2c(c1=O)COC(=O)[C@]2(O)CC.[U+2]. The van der Waals surface area contributed by atoms with Crippen LogP contribution < -0.4 is 10.3 Å². The number of fused-ring (bicyclic) bond motifs is 5. The summed E-state index contributed by atoms with van der Waals surface area (Å²) in [6.07, 6.45) is 1.56. The Bertz CT molecular complexity index is 1340. The molecule has 2 aromatic heterocycles. The number of cyclic esters (lactones) is 1. The van der Waals surface area contributed by atoms with Gasteiger partial charge in [0, 0.05) is 17.0 Å². The summed E-state index contributed by atoms with van der Waals surface area (Å²) in [7, 11) is 3.46. The third-order valence-electron chi connectivity index (χ3n) is 6.43. The standard InChI is InChI=1S/C24H21ClN2O5.U/c1-3-24(30)18-10-20-21-16(11-27(20)22(28)17(18)12-32-23(24)29)14(5-4-8-25)15-9-13(31-2)6-7-19(15)26-21;/h7,9-10,30H,2-5,8,11-12H2,1H3;/q-2;+2/t24-;/m0./s1. The molecule has 5 rings (SSSR count). The summed E-state index contributed by atoms with van der Waals surface area (Å²) in [4.78, 5) is 30.6. The van der Waals surface area contributed by atoms with Gasteiger partial charge in [0.05, 0.1) is 23.5 Å². The van der Waals surface area contributed by atoms with E-state index in [2.05, 4.69) is 13.2 Å². The molecule has 2 aliphatic rings. The van der Waals surface area contributed by atoms with Crippen molar-refractivity contribution < 1.29 is 50.5 Å². The predicted molar refractivity (Wildman–Crippen MR) is 118 cm³/mol. The number of aliphatic hydroxyl groups is 1. The number of nitrogens with zero attached hydrogens (tertiary/aromatic N) is 2. The van der Waals surface area contributed by atoms with Crippen LogP contribution in [0.3, 0.4) is 0 Å². The van der Waals surface area contributed by atoms with Gasteiger partial charge in [0.15, 0.2) is 5.60 Å². The van der Waals surface area contributed by atoms with Crippen LogP contribution in [0, 0.1) is 44.3 Å². The second kappa shape index (κ2) is 9.07.